The molecule has 4 nitrogen and oxygen atoms in total. The van der Waals surface area contributed by atoms with Crippen molar-refractivity contribution in [2.45, 2.75) is 32.7 Å². The SMILES string of the molecule is C=C(C)Cn1c(C2CC(=O)N(c3ccccc3C)C2)nc2ccccc21.Cl. The van der Waals surface area contributed by atoms with Gasteiger partial charge in [-0.05, 0) is 37.6 Å². The Balaban J connectivity index is 0.00000210. The molecule has 0 radical (unpaired) electrons. The number of nitrogens with zero attached hydrogens (tertiary/aromatic N) is 3. The predicted molar refractivity (Wildman–Crippen MR) is 113 cm³/mol. The fraction of sp³-hybridized carbons (Fsp3) is 0.273. The number of rotatable bonds is 4. The summed E-state index contributed by atoms with van der Waals surface area (Å²) in [5.41, 5.74) is 5.28. The molecule has 1 unspecified atom stereocenters. The van der Waals surface area contributed by atoms with Crippen LogP contribution in [-0.4, -0.2) is 22.0 Å². The Labute approximate surface area is 165 Å². The van der Waals surface area contributed by atoms with E-state index < -0.39 is 0 Å². The zero-order valence-electron chi connectivity index (χ0n) is 15.7. The lowest BCUT2D eigenvalue weighted by atomic mass is 10.1. The maximum atomic E-state index is 12.7. The number of hydrogen-bond donors (Lipinski definition) is 0. The molecule has 0 N–H and O–H groups in total. The van der Waals surface area contributed by atoms with Crippen molar-refractivity contribution >= 4 is 35.0 Å². The first kappa shape index (κ1) is 19.2. The minimum atomic E-state index is 0. The topological polar surface area (TPSA) is 38.1 Å². The third kappa shape index (κ3) is 3.50. The average Bonchev–Trinajstić information content (AvgIpc) is 3.16. The first-order valence-electron chi connectivity index (χ1n) is 9.00. The van der Waals surface area contributed by atoms with E-state index in [1.54, 1.807) is 0 Å². The van der Waals surface area contributed by atoms with E-state index in [9.17, 15) is 4.79 Å². The summed E-state index contributed by atoms with van der Waals surface area (Å²) in [5.74, 6) is 1.24. The molecule has 2 heterocycles. The second-order valence-electron chi connectivity index (χ2n) is 7.19. The first-order chi connectivity index (χ1) is 12.5. The Morgan fingerprint density at radius 1 is 1.19 bits per heavy atom. The molecule has 27 heavy (non-hydrogen) atoms. The average molecular weight is 382 g/mol. The second-order valence-corrected chi connectivity index (χ2v) is 7.19. The molecule has 1 amide bonds. The van der Waals surface area contributed by atoms with Crippen LogP contribution in [0.2, 0.25) is 0 Å². The summed E-state index contributed by atoms with van der Waals surface area (Å²) in [5, 5.41) is 0. The molecule has 1 saturated heterocycles. The van der Waals surface area contributed by atoms with Crippen molar-refractivity contribution in [2.75, 3.05) is 11.4 Å². The van der Waals surface area contributed by atoms with Crippen LogP contribution in [0.4, 0.5) is 5.69 Å². The fourth-order valence-corrected chi connectivity index (χ4v) is 3.82. The smallest absolute Gasteiger partial charge is 0.227 e. The van der Waals surface area contributed by atoms with Crippen LogP contribution in [0.1, 0.15) is 30.7 Å². The third-order valence-corrected chi connectivity index (χ3v) is 5.01. The van der Waals surface area contributed by atoms with Gasteiger partial charge < -0.3 is 9.47 Å². The molecule has 0 aliphatic carbocycles. The lowest BCUT2D eigenvalue weighted by Crippen LogP contribution is -2.25. The number of carbonyl (C=O) groups excluding carboxylic acids is 1. The molecule has 140 valence electrons. The lowest BCUT2D eigenvalue weighted by molar-refractivity contribution is -0.117. The standard InChI is InChI=1S/C22H23N3O.ClH/c1-15(2)13-25-20-11-7-5-9-18(20)23-22(25)17-12-21(26)24(14-17)19-10-6-4-8-16(19)3;/h4-11,17H,1,12-14H2,2-3H3;1H. The Morgan fingerprint density at radius 3 is 2.63 bits per heavy atom. The van der Waals surface area contributed by atoms with Crippen molar-refractivity contribution in [3.05, 3.63) is 72.1 Å². The van der Waals surface area contributed by atoms with E-state index in [1.165, 1.54) is 0 Å². The van der Waals surface area contributed by atoms with Crippen LogP contribution in [0.15, 0.2) is 60.7 Å². The minimum Gasteiger partial charge on any atom is -0.324 e. The molecule has 4 rings (SSSR count). The third-order valence-electron chi connectivity index (χ3n) is 5.01. The maximum absolute atomic E-state index is 12.7. The van der Waals surface area contributed by atoms with Crippen LogP contribution in [0, 0.1) is 6.92 Å². The Kier molecular flexibility index (Phi) is 5.38. The van der Waals surface area contributed by atoms with Crippen LogP contribution < -0.4 is 4.90 Å². The van der Waals surface area contributed by atoms with Crippen molar-refractivity contribution in [3.63, 3.8) is 0 Å². The van der Waals surface area contributed by atoms with Crippen molar-refractivity contribution in [1.29, 1.82) is 0 Å². The van der Waals surface area contributed by atoms with Gasteiger partial charge in [0.2, 0.25) is 5.91 Å². The summed E-state index contributed by atoms with van der Waals surface area (Å²) < 4.78 is 2.22. The molecule has 3 aromatic rings. The van der Waals surface area contributed by atoms with Gasteiger partial charge in [-0.1, -0.05) is 42.5 Å². The molecule has 1 fully saturated rings. The Hall–Kier alpha value is -2.59. The number of aryl methyl sites for hydroxylation is 1. The van der Waals surface area contributed by atoms with Crippen LogP contribution in [0.3, 0.4) is 0 Å². The minimum absolute atomic E-state index is 0. The van der Waals surface area contributed by atoms with E-state index in [2.05, 4.69) is 17.2 Å². The number of benzene rings is 2. The zero-order valence-corrected chi connectivity index (χ0v) is 16.5. The molecule has 1 aromatic heterocycles. The van der Waals surface area contributed by atoms with Gasteiger partial charge in [0.1, 0.15) is 5.82 Å². The number of carbonyl (C=O) groups is 1. The molecule has 1 atom stereocenters. The largest absolute Gasteiger partial charge is 0.324 e. The fourth-order valence-electron chi connectivity index (χ4n) is 3.82. The van der Waals surface area contributed by atoms with Gasteiger partial charge in [-0.15, -0.1) is 12.4 Å². The van der Waals surface area contributed by atoms with Gasteiger partial charge in [0.25, 0.3) is 0 Å². The summed E-state index contributed by atoms with van der Waals surface area (Å²) in [4.78, 5) is 19.5. The van der Waals surface area contributed by atoms with Crippen molar-refractivity contribution in [2.24, 2.45) is 0 Å². The van der Waals surface area contributed by atoms with Crippen LogP contribution in [0.5, 0.6) is 0 Å². The van der Waals surface area contributed by atoms with Crippen LogP contribution in [-0.2, 0) is 11.3 Å². The molecular weight excluding hydrogens is 358 g/mol. The highest BCUT2D eigenvalue weighted by molar-refractivity contribution is 5.97. The lowest BCUT2D eigenvalue weighted by Gasteiger charge is -2.19. The molecule has 0 spiro atoms. The molecule has 0 bridgehead atoms. The summed E-state index contributed by atoms with van der Waals surface area (Å²) in [6.45, 7) is 9.54. The van der Waals surface area contributed by atoms with Crippen LogP contribution in [0.25, 0.3) is 11.0 Å². The molecular formula is C22H24ClN3O. The summed E-state index contributed by atoms with van der Waals surface area (Å²) in [6.07, 6.45) is 0.494. The number of amides is 1. The molecule has 1 aliphatic rings. The summed E-state index contributed by atoms with van der Waals surface area (Å²) in [7, 11) is 0. The summed E-state index contributed by atoms with van der Waals surface area (Å²) >= 11 is 0. The zero-order chi connectivity index (χ0) is 18.3. The first-order valence-corrected chi connectivity index (χ1v) is 9.00. The Morgan fingerprint density at radius 2 is 1.89 bits per heavy atom. The molecule has 2 aromatic carbocycles. The normalized spacial score (nSPS) is 16.6. The van der Waals surface area contributed by atoms with E-state index >= 15 is 0 Å². The maximum Gasteiger partial charge on any atom is 0.227 e. The van der Waals surface area contributed by atoms with E-state index in [-0.39, 0.29) is 24.2 Å². The van der Waals surface area contributed by atoms with Gasteiger partial charge in [-0.3, -0.25) is 4.79 Å². The van der Waals surface area contributed by atoms with Gasteiger partial charge in [0.15, 0.2) is 0 Å². The van der Waals surface area contributed by atoms with Crippen LogP contribution >= 0.6 is 12.4 Å². The van der Waals surface area contributed by atoms with E-state index in [1.807, 2.05) is 61.2 Å². The summed E-state index contributed by atoms with van der Waals surface area (Å²) in [6, 6.07) is 16.2. The highest BCUT2D eigenvalue weighted by atomic mass is 35.5. The number of halogens is 1. The van der Waals surface area contributed by atoms with Gasteiger partial charge in [0, 0.05) is 31.1 Å². The van der Waals surface area contributed by atoms with Crippen molar-refractivity contribution < 1.29 is 4.79 Å². The molecule has 0 saturated carbocycles. The second kappa shape index (κ2) is 7.57. The number of allylic oxidation sites excluding steroid dienone is 1. The number of para-hydroxylation sites is 3. The van der Waals surface area contributed by atoms with E-state index in [4.69, 9.17) is 4.98 Å². The number of aromatic nitrogens is 2. The Bertz CT molecular complexity index is 1010. The van der Waals surface area contributed by atoms with Gasteiger partial charge in [0.05, 0.1) is 11.0 Å². The van der Waals surface area contributed by atoms with Gasteiger partial charge in [-0.2, -0.15) is 0 Å². The number of anilines is 1. The quantitative estimate of drug-likeness (QED) is 0.605. The predicted octanol–water partition coefficient (Wildman–Crippen LogP) is 4.86. The van der Waals surface area contributed by atoms with Crippen molar-refractivity contribution in [3.8, 4) is 0 Å². The number of fused-ring (bicyclic) bond motifs is 1. The number of imidazole rings is 1. The monoisotopic (exact) mass is 381 g/mol. The van der Waals surface area contributed by atoms with Gasteiger partial charge in [-0.25, -0.2) is 4.98 Å². The van der Waals surface area contributed by atoms with Crippen molar-refractivity contribution in [1.82, 2.24) is 9.55 Å². The van der Waals surface area contributed by atoms with E-state index in [0.29, 0.717) is 13.0 Å². The highest BCUT2D eigenvalue weighted by Crippen LogP contribution is 2.34. The van der Waals surface area contributed by atoms with Gasteiger partial charge >= 0.3 is 0 Å². The molecule has 1 aliphatic heterocycles. The number of hydrogen-bond acceptors (Lipinski definition) is 2. The molecule has 5 heteroatoms. The van der Waals surface area contributed by atoms with E-state index in [0.717, 1.165) is 40.2 Å². The highest BCUT2D eigenvalue weighted by Gasteiger charge is 2.35.